The van der Waals surface area contributed by atoms with Crippen molar-refractivity contribution < 1.29 is 0 Å². The van der Waals surface area contributed by atoms with Gasteiger partial charge < -0.3 is 10.2 Å². The number of hydrogen-bond acceptors (Lipinski definition) is 4. The molecule has 1 N–H and O–H groups in total. The van der Waals surface area contributed by atoms with Gasteiger partial charge in [-0.1, -0.05) is 6.42 Å². The number of aromatic nitrogens is 2. The second-order valence-corrected chi connectivity index (χ2v) is 6.02. The summed E-state index contributed by atoms with van der Waals surface area (Å²) in [6, 6.07) is 0. The van der Waals surface area contributed by atoms with Gasteiger partial charge in [0.15, 0.2) is 10.8 Å². The molecule has 0 aromatic carbocycles. The van der Waals surface area contributed by atoms with Crippen LogP contribution in [0.2, 0.25) is 0 Å². The summed E-state index contributed by atoms with van der Waals surface area (Å²) in [6.45, 7) is 2.00. The van der Waals surface area contributed by atoms with Crippen LogP contribution in [-0.4, -0.2) is 30.0 Å². The second-order valence-electron chi connectivity index (χ2n) is 5.15. The third-order valence-electron chi connectivity index (χ3n) is 3.80. The fourth-order valence-corrected chi connectivity index (χ4v) is 3.34. The first-order valence-electron chi connectivity index (χ1n) is 6.59. The predicted molar refractivity (Wildman–Crippen MR) is 76.4 cm³/mol. The number of nitrogens with one attached hydrogen (secondary N) is 1. The fourth-order valence-electron chi connectivity index (χ4n) is 2.61. The van der Waals surface area contributed by atoms with E-state index in [9.17, 15) is 0 Å². The average molecular weight is 264 g/mol. The minimum Gasteiger partial charge on any atom is -0.358 e. The molecule has 0 bridgehead atoms. The van der Waals surface area contributed by atoms with Gasteiger partial charge in [-0.2, -0.15) is 0 Å². The number of nitrogens with zero attached hydrogens (tertiary/aromatic N) is 3. The minimum atomic E-state index is 0.863. The monoisotopic (exact) mass is 264 g/mol. The van der Waals surface area contributed by atoms with E-state index in [-0.39, 0.29) is 0 Å². The number of thiazole rings is 1. The lowest BCUT2D eigenvalue weighted by molar-refractivity contribution is 0.321. The molecule has 4 nitrogen and oxygen atoms in total. The molecule has 2 aromatic heterocycles. The lowest BCUT2D eigenvalue weighted by Crippen LogP contribution is -2.30. The number of rotatable bonds is 5. The quantitative estimate of drug-likeness (QED) is 0.900. The summed E-state index contributed by atoms with van der Waals surface area (Å²) in [5.41, 5.74) is 1.27. The van der Waals surface area contributed by atoms with E-state index < -0.39 is 0 Å². The first-order chi connectivity index (χ1) is 8.79. The van der Waals surface area contributed by atoms with Crippen LogP contribution >= 0.6 is 11.3 Å². The normalized spacial score (nSPS) is 16.1. The van der Waals surface area contributed by atoms with Crippen LogP contribution in [0, 0.1) is 5.92 Å². The molecular weight excluding hydrogens is 244 g/mol. The van der Waals surface area contributed by atoms with E-state index in [1.54, 1.807) is 11.3 Å². The van der Waals surface area contributed by atoms with E-state index in [1.807, 2.05) is 7.05 Å². The highest BCUT2D eigenvalue weighted by Gasteiger charge is 2.22. The number of hydrogen-bond donors (Lipinski definition) is 1. The molecule has 0 amide bonds. The first-order valence-corrected chi connectivity index (χ1v) is 7.47. The molecule has 1 fully saturated rings. The van der Waals surface area contributed by atoms with Crippen molar-refractivity contribution in [2.45, 2.75) is 25.8 Å². The molecule has 0 saturated heterocycles. The Morgan fingerprint density at radius 2 is 2.39 bits per heavy atom. The summed E-state index contributed by atoms with van der Waals surface area (Å²) in [4.78, 5) is 8.19. The van der Waals surface area contributed by atoms with E-state index in [4.69, 9.17) is 4.98 Å². The van der Waals surface area contributed by atoms with Crippen molar-refractivity contribution in [2.24, 2.45) is 5.92 Å². The molecule has 2 aromatic rings. The summed E-state index contributed by atoms with van der Waals surface area (Å²) in [7, 11) is 4.16. The Bertz CT molecular complexity index is 526. The van der Waals surface area contributed by atoms with E-state index in [0.717, 1.165) is 29.8 Å². The van der Waals surface area contributed by atoms with Gasteiger partial charge in [0, 0.05) is 31.7 Å². The van der Waals surface area contributed by atoms with E-state index in [0.29, 0.717) is 0 Å². The molecule has 2 heterocycles. The predicted octanol–water partition coefficient (Wildman–Crippen LogP) is 2.35. The van der Waals surface area contributed by atoms with Gasteiger partial charge in [-0.25, -0.2) is 4.98 Å². The second kappa shape index (κ2) is 4.90. The summed E-state index contributed by atoms with van der Waals surface area (Å²) in [5.74, 6) is 2.01. The average Bonchev–Trinajstić information content (AvgIpc) is 2.86. The standard InChI is InChI=1S/C13H20N4S/c1-14-8-11-12(15-13-17(11)6-7-18-13)16(2)9-10-4-3-5-10/h6-7,10,14H,3-5,8-9H2,1-2H3. The lowest BCUT2D eigenvalue weighted by Gasteiger charge is -2.30. The van der Waals surface area contributed by atoms with Gasteiger partial charge in [0.1, 0.15) is 0 Å². The summed E-state index contributed by atoms with van der Waals surface area (Å²) in [5, 5.41) is 5.34. The van der Waals surface area contributed by atoms with Gasteiger partial charge in [0.25, 0.3) is 0 Å². The zero-order chi connectivity index (χ0) is 12.5. The number of fused-ring (bicyclic) bond motifs is 1. The Morgan fingerprint density at radius 1 is 1.56 bits per heavy atom. The zero-order valence-corrected chi connectivity index (χ0v) is 11.8. The molecule has 3 rings (SSSR count). The van der Waals surface area contributed by atoms with Gasteiger partial charge in [0.2, 0.25) is 0 Å². The van der Waals surface area contributed by atoms with E-state index in [2.05, 4.69) is 33.2 Å². The van der Waals surface area contributed by atoms with Crippen LogP contribution in [0.15, 0.2) is 11.6 Å². The zero-order valence-electron chi connectivity index (χ0n) is 11.0. The maximum atomic E-state index is 4.77. The minimum absolute atomic E-state index is 0.863. The molecule has 0 aliphatic heterocycles. The van der Waals surface area contributed by atoms with Crippen molar-refractivity contribution in [1.82, 2.24) is 14.7 Å². The van der Waals surface area contributed by atoms with Crippen LogP contribution in [0.25, 0.3) is 4.96 Å². The molecule has 1 aliphatic rings. The topological polar surface area (TPSA) is 32.6 Å². The Kier molecular flexibility index (Phi) is 3.26. The van der Waals surface area contributed by atoms with Crippen LogP contribution in [0.4, 0.5) is 5.82 Å². The highest BCUT2D eigenvalue weighted by atomic mass is 32.1. The Hall–Kier alpha value is -1.07. The molecule has 18 heavy (non-hydrogen) atoms. The molecule has 0 spiro atoms. The van der Waals surface area contributed by atoms with Gasteiger partial charge in [-0.3, -0.25) is 4.40 Å². The van der Waals surface area contributed by atoms with Crippen LogP contribution in [-0.2, 0) is 6.54 Å². The molecule has 5 heteroatoms. The van der Waals surface area contributed by atoms with Gasteiger partial charge in [-0.15, -0.1) is 11.3 Å². The van der Waals surface area contributed by atoms with Gasteiger partial charge >= 0.3 is 0 Å². The molecule has 1 saturated carbocycles. The number of imidazole rings is 1. The summed E-state index contributed by atoms with van der Waals surface area (Å²) in [6.07, 6.45) is 6.28. The largest absolute Gasteiger partial charge is 0.358 e. The first kappa shape index (κ1) is 12.0. The maximum Gasteiger partial charge on any atom is 0.195 e. The molecule has 98 valence electrons. The fraction of sp³-hybridized carbons (Fsp3) is 0.615. The third kappa shape index (κ3) is 2.01. The highest BCUT2D eigenvalue weighted by Crippen LogP contribution is 2.30. The Balaban J connectivity index is 1.88. The summed E-state index contributed by atoms with van der Waals surface area (Å²) >= 11 is 1.70. The molecule has 0 atom stereocenters. The Labute approximate surface area is 112 Å². The van der Waals surface area contributed by atoms with E-state index >= 15 is 0 Å². The van der Waals surface area contributed by atoms with Crippen LogP contribution in [0.1, 0.15) is 25.0 Å². The van der Waals surface area contributed by atoms with Crippen molar-refractivity contribution in [3.05, 3.63) is 17.3 Å². The molecule has 0 unspecified atom stereocenters. The highest BCUT2D eigenvalue weighted by molar-refractivity contribution is 7.15. The van der Waals surface area contributed by atoms with Crippen molar-refractivity contribution in [2.75, 3.05) is 25.5 Å². The van der Waals surface area contributed by atoms with Crippen LogP contribution in [0.3, 0.4) is 0 Å². The van der Waals surface area contributed by atoms with Crippen molar-refractivity contribution in [1.29, 1.82) is 0 Å². The van der Waals surface area contributed by atoms with Gasteiger partial charge in [-0.05, 0) is 25.8 Å². The number of anilines is 1. The van der Waals surface area contributed by atoms with Crippen molar-refractivity contribution >= 4 is 22.1 Å². The molecule has 0 radical (unpaired) electrons. The SMILES string of the molecule is CNCc1c(N(C)CC2CCC2)nc2sccn12. The molecule has 1 aliphatic carbocycles. The van der Waals surface area contributed by atoms with Crippen LogP contribution < -0.4 is 10.2 Å². The van der Waals surface area contributed by atoms with Crippen molar-refractivity contribution in [3.63, 3.8) is 0 Å². The van der Waals surface area contributed by atoms with E-state index in [1.165, 1.54) is 25.0 Å². The van der Waals surface area contributed by atoms with Crippen molar-refractivity contribution in [3.8, 4) is 0 Å². The third-order valence-corrected chi connectivity index (χ3v) is 4.56. The Morgan fingerprint density at radius 3 is 3.06 bits per heavy atom. The maximum absolute atomic E-state index is 4.77. The lowest BCUT2D eigenvalue weighted by atomic mass is 9.85. The van der Waals surface area contributed by atoms with Crippen LogP contribution in [0.5, 0.6) is 0 Å². The summed E-state index contributed by atoms with van der Waals surface area (Å²) < 4.78 is 2.20. The molecular formula is C13H20N4S. The van der Waals surface area contributed by atoms with Gasteiger partial charge in [0.05, 0.1) is 5.69 Å². The smallest absolute Gasteiger partial charge is 0.195 e.